The van der Waals surface area contributed by atoms with Crippen LogP contribution in [-0.4, -0.2) is 38.8 Å². The zero-order valence-corrected chi connectivity index (χ0v) is 8.51. The van der Waals surface area contributed by atoms with Crippen molar-refractivity contribution in [1.29, 1.82) is 0 Å². The van der Waals surface area contributed by atoms with E-state index in [0.717, 1.165) is 0 Å². The lowest BCUT2D eigenvalue weighted by molar-refractivity contribution is 0.277. The number of H-pyrrole nitrogens is 1. The van der Waals surface area contributed by atoms with E-state index in [1.807, 2.05) is 0 Å². The smallest absolute Gasteiger partial charge is 0.280 e. The summed E-state index contributed by atoms with van der Waals surface area (Å²) < 4.78 is 0. The molecule has 2 aromatic heterocycles. The Labute approximate surface area is 90.0 Å². The van der Waals surface area contributed by atoms with Gasteiger partial charge in [0.25, 0.3) is 5.56 Å². The Morgan fingerprint density at radius 3 is 2.94 bits per heavy atom. The Kier molecular flexibility index (Phi) is 2.75. The summed E-state index contributed by atoms with van der Waals surface area (Å²) in [5.41, 5.74) is 2.66. The van der Waals surface area contributed by atoms with Crippen LogP contribution in [0, 0.1) is 0 Å². The number of hydrogen-bond acceptors (Lipinski definition) is 7. The first-order chi connectivity index (χ1) is 7.76. The van der Waals surface area contributed by atoms with Crippen molar-refractivity contribution in [3.63, 3.8) is 0 Å². The summed E-state index contributed by atoms with van der Waals surface area (Å²) in [4.78, 5) is 25.9. The summed E-state index contributed by atoms with van der Waals surface area (Å²) in [7, 11) is 1.59. The highest BCUT2D eigenvalue weighted by Crippen LogP contribution is 2.04. The zero-order valence-electron chi connectivity index (χ0n) is 8.51. The van der Waals surface area contributed by atoms with Gasteiger partial charge in [-0.15, -0.1) is 0 Å². The van der Waals surface area contributed by atoms with Crippen LogP contribution in [0.15, 0.2) is 17.2 Å². The van der Waals surface area contributed by atoms with Gasteiger partial charge in [-0.1, -0.05) is 0 Å². The molecule has 2 rings (SSSR count). The summed E-state index contributed by atoms with van der Waals surface area (Å²) >= 11 is 0. The van der Waals surface area contributed by atoms with E-state index < -0.39 is 5.56 Å². The minimum absolute atomic E-state index is 0.167. The first-order valence-corrected chi connectivity index (χ1v) is 4.53. The molecule has 0 saturated carbocycles. The van der Waals surface area contributed by atoms with Gasteiger partial charge < -0.3 is 5.11 Å². The third-order valence-corrected chi connectivity index (χ3v) is 2.00. The van der Waals surface area contributed by atoms with Crippen molar-refractivity contribution in [3.05, 3.63) is 22.7 Å². The standard InChI is InChI=1S/C8H10N6O2/c1-9-14(4-15)8-12-6-5(7(16)13-8)10-2-3-11-6/h2-3,9,15H,4H2,1H3,(H,11,12,13,16). The molecule has 0 atom stereocenters. The summed E-state index contributed by atoms with van der Waals surface area (Å²) in [6.07, 6.45) is 2.86. The Morgan fingerprint density at radius 1 is 1.50 bits per heavy atom. The molecule has 16 heavy (non-hydrogen) atoms. The number of fused-ring (bicyclic) bond motifs is 1. The van der Waals surface area contributed by atoms with Gasteiger partial charge in [-0.3, -0.25) is 14.8 Å². The minimum Gasteiger partial charge on any atom is -0.375 e. The molecule has 3 N–H and O–H groups in total. The monoisotopic (exact) mass is 222 g/mol. The van der Waals surface area contributed by atoms with E-state index in [4.69, 9.17) is 5.11 Å². The molecule has 8 nitrogen and oxygen atoms in total. The van der Waals surface area contributed by atoms with Crippen LogP contribution in [0.5, 0.6) is 0 Å². The normalized spacial score (nSPS) is 10.6. The first-order valence-electron chi connectivity index (χ1n) is 4.53. The Morgan fingerprint density at radius 2 is 2.25 bits per heavy atom. The molecule has 8 heteroatoms. The molecule has 0 unspecified atom stereocenters. The van der Waals surface area contributed by atoms with Crippen LogP contribution in [0.25, 0.3) is 11.2 Å². The number of aliphatic hydroxyl groups is 1. The lowest BCUT2D eigenvalue weighted by atomic mass is 10.5. The number of rotatable bonds is 3. The third-order valence-electron chi connectivity index (χ3n) is 2.00. The van der Waals surface area contributed by atoms with Crippen LogP contribution >= 0.6 is 0 Å². The van der Waals surface area contributed by atoms with Crippen LogP contribution < -0.4 is 16.0 Å². The van der Waals surface area contributed by atoms with E-state index in [9.17, 15) is 4.79 Å². The Bertz CT molecular complexity index is 549. The molecule has 0 fully saturated rings. The third kappa shape index (κ3) is 1.71. The predicted molar refractivity (Wildman–Crippen MR) is 56.6 cm³/mol. The molecule has 2 heterocycles. The van der Waals surface area contributed by atoms with Gasteiger partial charge in [-0.05, 0) is 0 Å². The van der Waals surface area contributed by atoms with Crippen molar-refractivity contribution in [3.8, 4) is 0 Å². The van der Waals surface area contributed by atoms with E-state index in [0.29, 0.717) is 0 Å². The fraction of sp³-hybridized carbons (Fsp3) is 0.250. The van der Waals surface area contributed by atoms with Crippen LogP contribution in [0.4, 0.5) is 5.95 Å². The second kappa shape index (κ2) is 4.21. The highest BCUT2D eigenvalue weighted by molar-refractivity contribution is 5.68. The van der Waals surface area contributed by atoms with Crippen molar-refractivity contribution >= 4 is 17.1 Å². The number of hydrogen-bond donors (Lipinski definition) is 3. The Hall–Kier alpha value is -2.06. The second-order valence-electron chi connectivity index (χ2n) is 2.91. The second-order valence-corrected chi connectivity index (χ2v) is 2.91. The SMILES string of the molecule is CNN(CO)c1nc2nccnc2c(=O)[nH]1. The average molecular weight is 222 g/mol. The maximum Gasteiger partial charge on any atom is 0.280 e. The van der Waals surface area contributed by atoms with Crippen molar-refractivity contribution in [1.82, 2.24) is 25.4 Å². The maximum atomic E-state index is 11.6. The zero-order chi connectivity index (χ0) is 11.5. The van der Waals surface area contributed by atoms with E-state index in [1.54, 1.807) is 7.05 Å². The number of hydrazine groups is 1. The molecular formula is C8H10N6O2. The molecular weight excluding hydrogens is 212 g/mol. The first kappa shape index (κ1) is 10.5. The fourth-order valence-corrected chi connectivity index (χ4v) is 1.23. The fourth-order valence-electron chi connectivity index (χ4n) is 1.23. The topological polar surface area (TPSA) is 107 Å². The highest BCUT2D eigenvalue weighted by atomic mass is 16.3. The van der Waals surface area contributed by atoms with Crippen LogP contribution in [0.1, 0.15) is 0 Å². The van der Waals surface area contributed by atoms with Gasteiger partial charge in [-0.25, -0.2) is 15.4 Å². The van der Waals surface area contributed by atoms with E-state index in [1.165, 1.54) is 17.4 Å². The number of anilines is 1. The van der Waals surface area contributed by atoms with Gasteiger partial charge in [0.15, 0.2) is 11.2 Å². The van der Waals surface area contributed by atoms with E-state index in [-0.39, 0.29) is 23.8 Å². The quantitative estimate of drug-likeness (QED) is 0.433. The lowest BCUT2D eigenvalue weighted by Gasteiger charge is -2.17. The summed E-state index contributed by atoms with van der Waals surface area (Å²) in [6, 6.07) is 0. The van der Waals surface area contributed by atoms with Crippen molar-refractivity contribution in [2.75, 3.05) is 18.8 Å². The van der Waals surface area contributed by atoms with Gasteiger partial charge >= 0.3 is 0 Å². The summed E-state index contributed by atoms with van der Waals surface area (Å²) in [5.74, 6) is 0.183. The molecule has 0 spiro atoms. The van der Waals surface area contributed by atoms with Crippen molar-refractivity contribution in [2.24, 2.45) is 0 Å². The van der Waals surface area contributed by atoms with Crippen LogP contribution in [0.3, 0.4) is 0 Å². The van der Waals surface area contributed by atoms with Crippen LogP contribution in [-0.2, 0) is 0 Å². The number of nitrogens with one attached hydrogen (secondary N) is 2. The van der Waals surface area contributed by atoms with E-state index >= 15 is 0 Å². The maximum absolute atomic E-state index is 11.6. The van der Waals surface area contributed by atoms with Crippen molar-refractivity contribution in [2.45, 2.75) is 0 Å². The molecule has 0 aliphatic heterocycles. The molecule has 2 aromatic rings. The summed E-state index contributed by atoms with van der Waals surface area (Å²) in [6.45, 7) is -0.328. The predicted octanol–water partition coefficient (Wildman–Crippen LogP) is -1.40. The van der Waals surface area contributed by atoms with Crippen LogP contribution in [0.2, 0.25) is 0 Å². The molecule has 0 radical (unpaired) electrons. The van der Waals surface area contributed by atoms with E-state index in [2.05, 4.69) is 25.4 Å². The molecule has 0 amide bonds. The number of aromatic nitrogens is 4. The van der Waals surface area contributed by atoms with Gasteiger partial charge in [0.1, 0.15) is 6.73 Å². The van der Waals surface area contributed by atoms with Gasteiger partial charge in [0, 0.05) is 19.4 Å². The lowest BCUT2D eigenvalue weighted by Crippen LogP contribution is -2.38. The largest absolute Gasteiger partial charge is 0.375 e. The van der Waals surface area contributed by atoms with Gasteiger partial charge in [0.05, 0.1) is 0 Å². The molecule has 0 aliphatic rings. The van der Waals surface area contributed by atoms with Gasteiger partial charge in [-0.2, -0.15) is 4.98 Å². The number of aliphatic hydroxyl groups excluding tert-OH is 1. The average Bonchev–Trinajstić information content (AvgIpc) is 2.31. The van der Waals surface area contributed by atoms with Gasteiger partial charge in [0.2, 0.25) is 5.95 Å². The number of nitrogens with zero attached hydrogens (tertiary/aromatic N) is 4. The molecule has 0 bridgehead atoms. The van der Waals surface area contributed by atoms with Crippen molar-refractivity contribution < 1.29 is 5.11 Å². The number of aromatic amines is 1. The Balaban J connectivity index is 2.62. The highest BCUT2D eigenvalue weighted by Gasteiger charge is 2.09. The summed E-state index contributed by atoms with van der Waals surface area (Å²) in [5, 5.41) is 10.3. The minimum atomic E-state index is -0.401. The molecule has 0 aromatic carbocycles. The molecule has 84 valence electrons. The molecule has 0 saturated heterocycles. The molecule has 0 aliphatic carbocycles.